The summed E-state index contributed by atoms with van der Waals surface area (Å²) in [6.07, 6.45) is 3.13. The molecule has 112 valence electrons. The van der Waals surface area contributed by atoms with Crippen molar-refractivity contribution in [2.45, 2.75) is 39.2 Å². The highest BCUT2D eigenvalue weighted by atomic mass is 35.5. The molecule has 20 heavy (non-hydrogen) atoms. The van der Waals surface area contributed by atoms with Crippen molar-refractivity contribution < 1.29 is 9.18 Å². The lowest BCUT2D eigenvalue weighted by molar-refractivity contribution is -0.121. The van der Waals surface area contributed by atoms with Gasteiger partial charge in [0.25, 0.3) is 0 Å². The smallest absolute Gasteiger partial charge is 0.242 e. The van der Waals surface area contributed by atoms with Crippen molar-refractivity contribution in [1.29, 1.82) is 0 Å². The van der Waals surface area contributed by atoms with Gasteiger partial charge in [-0.25, -0.2) is 4.39 Å². The third-order valence-electron chi connectivity index (χ3n) is 2.84. The van der Waals surface area contributed by atoms with E-state index in [0.29, 0.717) is 12.2 Å². The van der Waals surface area contributed by atoms with Gasteiger partial charge in [0.1, 0.15) is 11.9 Å². The summed E-state index contributed by atoms with van der Waals surface area (Å²) in [5, 5.41) is 6.04. The summed E-state index contributed by atoms with van der Waals surface area (Å²) in [6.45, 7) is 4.44. The standard InChI is InChI=1S/C14H19Cl2FN2O/c1-3-4-5-6-18-14(20)9(2)19-13-11(15)7-10(17)8-12(13)16/h7-9,19H,3-6H2,1-2H3,(H,18,20). The van der Waals surface area contributed by atoms with Gasteiger partial charge in [-0.05, 0) is 25.5 Å². The Hall–Kier alpha value is -1.00. The second-order valence-electron chi connectivity index (χ2n) is 4.61. The first kappa shape index (κ1) is 17.1. The van der Waals surface area contributed by atoms with Gasteiger partial charge in [0, 0.05) is 6.54 Å². The van der Waals surface area contributed by atoms with Crippen molar-refractivity contribution in [1.82, 2.24) is 5.32 Å². The van der Waals surface area contributed by atoms with Crippen LogP contribution in [0.2, 0.25) is 10.0 Å². The molecule has 0 heterocycles. The molecule has 3 nitrogen and oxygen atoms in total. The number of halogens is 3. The topological polar surface area (TPSA) is 41.1 Å². The summed E-state index contributed by atoms with van der Waals surface area (Å²) in [6, 6.07) is 1.81. The van der Waals surface area contributed by atoms with Gasteiger partial charge < -0.3 is 10.6 Å². The summed E-state index contributed by atoms with van der Waals surface area (Å²) in [5.74, 6) is -0.653. The van der Waals surface area contributed by atoms with Crippen LogP contribution in [0.4, 0.5) is 10.1 Å². The Morgan fingerprint density at radius 2 is 1.90 bits per heavy atom. The molecule has 1 aromatic carbocycles. The minimum absolute atomic E-state index is 0.141. The highest BCUT2D eigenvalue weighted by Crippen LogP contribution is 2.31. The van der Waals surface area contributed by atoms with Crippen molar-refractivity contribution in [3.05, 3.63) is 28.0 Å². The zero-order valence-corrected chi connectivity index (χ0v) is 13.1. The number of hydrogen-bond donors (Lipinski definition) is 2. The summed E-state index contributed by atoms with van der Waals surface area (Å²) in [5.41, 5.74) is 0.367. The lowest BCUT2D eigenvalue weighted by atomic mass is 10.2. The molecule has 1 amide bonds. The molecule has 1 rings (SSSR count). The number of rotatable bonds is 7. The molecule has 0 radical (unpaired) electrons. The molecule has 1 unspecified atom stereocenters. The van der Waals surface area contributed by atoms with Gasteiger partial charge in [0.2, 0.25) is 5.91 Å². The minimum Gasteiger partial charge on any atom is -0.371 e. The summed E-state index contributed by atoms with van der Waals surface area (Å²) >= 11 is 11.8. The van der Waals surface area contributed by atoms with Gasteiger partial charge in [0.15, 0.2) is 0 Å². The molecule has 1 aromatic rings. The lowest BCUT2D eigenvalue weighted by Crippen LogP contribution is -2.38. The number of carbonyl (C=O) groups excluding carboxylic acids is 1. The first-order chi connectivity index (χ1) is 9.45. The highest BCUT2D eigenvalue weighted by Gasteiger charge is 2.16. The second kappa shape index (κ2) is 8.32. The van der Waals surface area contributed by atoms with Gasteiger partial charge in [-0.1, -0.05) is 43.0 Å². The first-order valence-corrected chi connectivity index (χ1v) is 7.40. The molecule has 0 bridgehead atoms. The highest BCUT2D eigenvalue weighted by molar-refractivity contribution is 6.39. The van der Waals surface area contributed by atoms with E-state index in [2.05, 4.69) is 17.6 Å². The van der Waals surface area contributed by atoms with Crippen LogP contribution >= 0.6 is 23.2 Å². The Morgan fingerprint density at radius 3 is 2.45 bits per heavy atom. The number of anilines is 1. The third-order valence-corrected chi connectivity index (χ3v) is 3.44. The van der Waals surface area contributed by atoms with Gasteiger partial charge in [-0.15, -0.1) is 0 Å². The van der Waals surface area contributed by atoms with Gasteiger partial charge >= 0.3 is 0 Å². The molecule has 0 aliphatic rings. The average Bonchev–Trinajstić information content (AvgIpc) is 2.38. The zero-order chi connectivity index (χ0) is 15.1. The number of hydrogen-bond acceptors (Lipinski definition) is 2. The molecular weight excluding hydrogens is 302 g/mol. The normalized spacial score (nSPS) is 12.1. The molecule has 6 heteroatoms. The maximum absolute atomic E-state index is 13.1. The van der Waals surface area contributed by atoms with E-state index >= 15 is 0 Å². The van der Waals surface area contributed by atoms with E-state index in [1.807, 2.05) is 0 Å². The first-order valence-electron chi connectivity index (χ1n) is 6.64. The van der Waals surface area contributed by atoms with Crippen LogP contribution in [-0.4, -0.2) is 18.5 Å². The number of amides is 1. The largest absolute Gasteiger partial charge is 0.371 e. The van der Waals surface area contributed by atoms with Crippen LogP contribution in [0.25, 0.3) is 0 Å². The minimum atomic E-state index is -0.512. The van der Waals surface area contributed by atoms with E-state index < -0.39 is 11.9 Å². The van der Waals surface area contributed by atoms with Crippen molar-refractivity contribution in [2.24, 2.45) is 0 Å². The van der Waals surface area contributed by atoms with Crippen molar-refractivity contribution in [3.8, 4) is 0 Å². The predicted molar refractivity (Wildman–Crippen MR) is 82.0 cm³/mol. The predicted octanol–water partition coefficient (Wildman–Crippen LogP) is 4.24. The Bertz CT molecular complexity index is 445. The number of nitrogens with one attached hydrogen (secondary N) is 2. The Labute approximate surface area is 128 Å². The molecule has 0 saturated heterocycles. The van der Waals surface area contributed by atoms with Crippen LogP contribution in [0.5, 0.6) is 0 Å². The molecule has 0 aromatic heterocycles. The van der Waals surface area contributed by atoms with Crippen molar-refractivity contribution >= 4 is 34.8 Å². The molecule has 0 saturated carbocycles. The van der Waals surface area contributed by atoms with E-state index in [4.69, 9.17) is 23.2 Å². The quantitative estimate of drug-likeness (QED) is 0.738. The van der Waals surface area contributed by atoms with Gasteiger partial charge in [-0.2, -0.15) is 0 Å². The molecule has 0 spiro atoms. The van der Waals surface area contributed by atoms with Crippen molar-refractivity contribution in [3.63, 3.8) is 0 Å². The SMILES string of the molecule is CCCCCNC(=O)C(C)Nc1c(Cl)cc(F)cc1Cl. The number of benzene rings is 1. The molecule has 1 atom stereocenters. The Kier molecular flexibility index (Phi) is 7.10. The Morgan fingerprint density at radius 1 is 1.30 bits per heavy atom. The van der Waals surface area contributed by atoms with Crippen LogP contribution in [0.3, 0.4) is 0 Å². The van der Waals surface area contributed by atoms with Crippen LogP contribution in [0.15, 0.2) is 12.1 Å². The van der Waals surface area contributed by atoms with Crippen LogP contribution in [-0.2, 0) is 4.79 Å². The average molecular weight is 321 g/mol. The van der Waals surface area contributed by atoms with Crippen LogP contribution < -0.4 is 10.6 Å². The molecular formula is C14H19Cl2FN2O. The summed E-state index contributed by atoms with van der Waals surface area (Å²) in [4.78, 5) is 11.9. The fraction of sp³-hybridized carbons (Fsp3) is 0.500. The maximum Gasteiger partial charge on any atom is 0.242 e. The molecule has 0 aliphatic carbocycles. The molecule has 2 N–H and O–H groups in total. The lowest BCUT2D eigenvalue weighted by Gasteiger charge is -2.17. The second-order valence-corrected chi connectivity index (χ2v) is 5.42. The monoisotopic (exact) mass is 320 g/mol. The third kappa shape index (κ3) is 5.17. The number of unbranched alkanes of at least 4 members (excludes halogenated alkanes) is 2. The van der Waals surface area contributed by atoms with Crippen molar-refractivity contribution in [2.75, 3.05) is 11.9 Å². The molecule has 0 fully saturated rings. The maximum atomic E-state index is 13.1. The van der Waals surface area contributed by atoms with E-state index in [1.54, 1.807) is 6.92 Å². The zero-order valence-electron chi connectivity index (χ0n) is 11.6. The number of carbonyl (C=O) groups is 1. The van der Waals surface area contributed by atoms with E-state index in [1.165, 1.54) is 0 Å². The summed E-state index contributed by atoms with van der Waals surface area (Å²) in [7, 11) is 0. The van der Waals surface area contributed by atoms with Crippen LogP contribution in [0.1, 0.15) is 33.1 Å². The van der Waals surface area contributed by atoms with E-state index in [9.17, 15) is 9.18 Å². The fourth-order valence-corrected chi connectivity index (χ4v) is 2.27. The van der Waals surface area contributed by atoms with E-state index in [0.717, 1.165) is 31.4 Å². The summed E-state index contributed by atoms with van der Waals surface area (Å²) < 4.78 is 13.1. The Balaban J connectivity index is 2.57. The van der Waals surface area contributed by atoms with Gasteiger partial charge in [0.05, 0.1) is 15.7 Å². The van der Waals surface area contributed by atoms with Crippen LogP contribution in [0, 0.1) is 5.82 Å². The van der Waals surface area contributed by atoms with E-state index in [-0.39, 0.29) is 16.0 Å². The van der Waals surface area contributed by atoms with Gasteiger partial charge in [-0.3, -0.25) is 4.79 Å². The molecule has 0 aliphatic heterocycles. The fourth-order valence-electron chi connectivity index (χ4n) is 1.70.